The van der Waals surface area contributed by atoms with Gasteiger partial charge in [0, 0.05) is 0 Å². The van der Waals surface area contributed by atoms with Crippen molar-refractivity contribution in [1.82, 2.24) is 0 Å². The Hall–Kier alpha value is -2.69. The Morgan fingerprint density at radius 1 is 0.625 bits per heavy atom. The van der Waals surface area contributed by atoms with Crippen LogP contribution in [-0.4, -0.2) is 5.11 Å². The van der Waals surface area contributed by atoms with E-state index in [0.29, 0.717) is 12.1 Å². The van der Waals surface area contributed by atoms with Crippen molar-refractivity contribution in [1.29, 1.82) is 0 Å². The van der Waals surface area contributed by atoms with Crippen molar-refractivity contribution in [2.24, 2.45) is 20.5 Å². The lowest BCUT2D eigenvalue weighted by Gasteiger charge is -1.98. The van der Waals surface area contributed by atoms with Crippen LogP contribution in [0, 0.1) is 34.9 Å². The van der Waals surface area contributed by atoms with Crippen molar-refractivity contribution in [3.63, 3.8) is 0 Å². The van der Waals surface area contributed by atoms with Crippen LogP contribution in [0.3, 0.4) is 0 Å². The van der Waals surface area contributed by atoms with Crippen molar-refractivity contribution in [2.45, 2.75) is 0 Å². The number of hydrogen-bond donors (Lipinski definition) is 0. The van der Waals surface area contributed by atoms with Gasteiger partial charge in [0.2, 0.25) is 0 Å². The van der Waals surface area contributed by atoms with E-state index in [2.05, 4.69) is 32.7 Å². The molecule has 0 bridgehead atoms. The van der Waals surface area contributed by atoms with Crippen molar-refractivity contribution in [3.8, 4) is 0 Å². The van der Waals surface area contributed by atoms with E-state index in [1.807, 2.05) is 0 Å². The van der Waals surface area contributed by atoms with Gasteiger partial charge in [-0.15, -0.1) is 20.5 Å². The lowest BCUT2D eigenvalue weighted by atomic mass is 10.3. The van der Waals surface area contributed by atoms with Gasteiger partial charge in [0.05, 0.1) is 0 Å². The van der Waals surface area contributed by atoms with Crippen LogP contribution in [-0.2, 0) is 0 Å². The third-order valence-corrected chi connectivity index (χ3v) is 2.68. The predicted octanol–water partition coefficient (Wildman–Crippen LogP) is 5.67. The van der Waals surface area contributed by atoms with Crippen molar-refractivity contribution in [2.75, 3.05) is 0 Å². The first-order valence-electron chi connectivity index (χ1n) is 5.95. The average Bonchev–Trinajstić information content (AvgIpc) is 2.56. The molecule has 0 saturated carbocycles. The van der Waals surface area contributed by atoms with Crippen LogP contribution >= 0.6 is 12.2 Å². The van der Waals surface area contributed by atoms with Gasteiger partial charge in [0.25, 0.3) is 5.11 Å². The van der Waals surface area contributed by atoms with E-state index in [-0.39, 0.29) is 0 Å². The molecule has 2 rings (SSSR count). The molecule has 11 heteroatoms. The Labute approximate surface area is 135 Å². The number of thiocarbonyl (C=S) groups is 1. The molecule has 0 aliphatic heterocycles. The van der Waals surface area contributed by atoms with E-state index in [1.165, 1.54) is 0 Å². The van der Waals surface area contributed by atoms with Gasteiger partial charge >= 0.3 is 0 Å². The second-order valence-electron chi connectivity index (χ2n) is 4.07. The summed E-state index contributed by atoms with van der Waals surface area (Å²) in [7, 11) is 0. The van der Waals surface area contributed by atoms with Gasteiger partial charge in [-0.2, -0.15) is 0 Å². The zero-order valence-electron chi connectivity index (χ0n) is 11.3. The highest BCUT2D eigenvalue weighted by molar-refractivity contribution is 7.80. The number of benzene rings is 2. The van der Waals surface area contributed by atoms with Crippen LogP contribution in [0.5, 0.6) is 0 Å². The molecule has 124 valence electrons. The summed E-state index contributed by atoms with van der Waals surface area (Å²) in [4.78, 5) is 0. The van der Waals surface area contributed by atoms with Crippen LogP contribution in [0.2, 0.25) is 0 Å². The fourth-order valence-corrected chi connectivity index (χ4v) is 1.48. The van der Waals surface area contributed by atoms with Crippen molar-refractivity contribution in [3.05, 3.63) is 59.2 Å². The second-order valence-corrected chi connectivity index (χ2v) is 4.44. The molecule has 0 amide bonds. The Balaban J connectivity index is 2.17. The minimum atomic E-state index is -1.75. The van der Waals surface area contributed by atoms with Crippen LogP contribution in [0.15, 0.2) is 44.7 Å². The molecule has 0 N–H and O–H groups in total. The molecule has 0 heterocycles. The van der Waals surface area contributed by atoms with E-state index >= 15 is 0 Å². The Morgan fingerprint density at radius 3 is 1.38 bits per heavy atom. The quantitative estimate of drug-likeness (QED) is 0.294. The maximum absolute atomic E-state index is 13.3. The highest BCUT2D eigenvalue weighted by Crippen LogP contribution is 2.24. The first kappa shape index (κ1) is 17.7. The zero-order chi connectivity index (χ0) is 17.9. The summed E-state index contributed by atoms with van der Waals surface area (Å²) < 4.78 is 78.0. The molecule has 2 aromatic rings. The molecule has 0 fully saturated rings. The highest BCUT2D eigenvalue weighted by atomic mass is 32.1. The van der Waals surface area contributed by atoms with Crippen molar-refractivity contribution >= 4 is 28.7 Å². The number of azo groups is 2. The van der Waals surface area contributed by atoms with E-state index in [1.54, 1.807) is 0 Å². The maximum atomic E-state index is 13.3. The first-order valence-corrected chi connectivity index (χ1v) is 6.36. The SMILES string of the molecule is Fc1ccc(N=NC(=S)N=Nc2ccc(F)c(F)c2F)c(F)c1F. The fraction of sp³-hybridized carbons (Fsp3) is 0. The zero-order valence-corrected chi connectivity index (χ0v) is 12.1. The Bertz CT molecular complexity index is 799. The molecule has 0 unspecified atom stereocenters. The molecular weight excluding hydrogens is 358 g/mol. The van der Waals surface area contributed by atoms with E-state index < -0.39 is 51.4 Å². The number of rotatable bonds is 2. The van der Waals surface area contributed by atoms with Gasteiger partial charge in [-0.25, -0.2) is 26.3 Å². The molecule has 0 radical (unpaired) electrons. The number of halogens is 6. The molecule has 2 aromatic carbocycles. The third kappa shape index (κ3) is 3.79. The third-order valence-electron chi connectivity index (χ3n) is 2.52. The number of hydrogen-bond acceptors (Lipinski definition) is 3. The summed E-state index contributed by atoms with van der Waals surface area (Å²) in [5.41, 5.74) is -1.32. The molecule has 0 aromatic heterocycles. The summed E-state index contributed by atoms with van der Waals surface area (Å²) in [6.45, 7) is 0. The van der Waals surface area contributed by atoms with Crippen LogP contribution in [0.1, 0.15) is 0 Å². The lowest BCUT2D eigenvalue weighted by molar-refractivity contribution is 0.448. The van der Waals surface area contributed by atoms with Gasteiger partial charge in [0.1, 0.15) is 11.4 Å². The highest BCUT2D eigenvalue weighted by Gasteiger charge is 2.14. The lowest BCUT2D eigenvalue weighted by Crippen LogP contribution is -1.90. The van der Waals surface area contributed by atoms with E-state index in [0.717, 1.165) is 12.1 Å². The second kappa shape index (κ2) is 7.25. The maximum Gasteiger partial charge on any atom is 0.259 e. The summed E-state index contributed by atoms with van der Waals surface area (Å²) in [6, 6.07) is 2.83. The van der Waals surface area contributed by atoms with Crippen LogP contribution < -0.4 is 0 Å². The molecule has 0 spiro atoms. The van der Waals surface area contributed by atoms with E-state index in [9.17, 15) is 26.3 Å². The van der Waals surface area contributed by atoms with Gasteiger partial charge in [0.15, 0.2) is 34.9 Å². The number of nitrogens with zero attached hydrogens (tertiary/aromatic N) is 4. The molecular formula is C13H4F6N4S. The monoisotopic (exact) mass is 362 g/mol. The topological polar surface area (TPSA) is 49.4 Å². The molecule has 24 heavy (non-hydrogen) atoms. The van der Waals surface area contributed by atoms with Gasteiger partial charge in [-0.05, 0) is 36.5 Å². The smallest absolute Gasteiger partial charge is 0.204 e. The summed E-state index contributed by atoms with van der Waals surface area (Å²) in [5.74, 6) is -9.51. The average molecular weight is 362 g/mol. The van der Waals surface area contributed by atoms with Crippen molar-refractivity contribution < 1.29 is 26.3 Å². The van der Waals surface area contributed by atoms with Gasteiger partial charge in [-0.3, -0.25) is 0 Å². The van der Waals surface area contributed by atoms with Gasteiger partial charge < -0.3 is 0 Å². The standard InChI is InChI=1S/C13H4F6N4S/c14-5-1-3-7(11(18)9(5)16)20-22-13(24)23-21-8-4-2-6(15)10(17)12(8)19/h1-4H. The van der Waals surface area contributed by atoms with E-state index in [4.69, 9.17) is 0 Å². The van der Waals surface area contributed by atoms with Gasteiger partial charge in [-0.1, -0.05) is 0 Å². The minimum Gasteiger partial charge on any atom is -0.204 e. The largest absolute Gasteiger partial charge is 0.259 e. The fourth-order valence-electron chi connectivity index (χ4n) is 1.40. The predicted molar refractivity (Wildman–Crippen MR) is 74.3 cm³/mol. The summed E-state index contributed by atoms with van der Waals surface area (Å²) in [6.07, 6.45) is 0. The molecule has 0 saturated heterocycles. The first-order chi connectivity index (χ1) is 11.3. The minimum absolute atomic E-state index is 0.619. The molecule has 0 aliphatic carbocycles. The Morgan fingerprint density at radius 2 is 1.00 bits per heavy atom. The summed E-state index contributed by atoms with van der Waals surface area (Å²) in [5, 5.41) is 12.1. The Kier molecular flexibility index (Phi) is 5.34. The molecule has 4 nitrogen and oxygen atoms in total. The molecule has 0 atom stereocenters. The molecule has 0 aliphatic rings. The normalized spacial score (nSPS) is 11.6. The van der Waals surface area contributed by atoms with Crippen LogP contribution in [0.4, 0.5) is 37.7 Å². The van der Waals surface area contributed by atoms with Crippen LogP contribution in [0.25, 0.3) is 0 Å². The summed E-state index contributed by atoms with van der Waals surface area (Å²) >= 11 is 4.55.